The van der Waals surface area contributed by atoms with Gasteiger partial charge in [-0.3, -0.25) is 4.79 Å². The lowest BCUT2D eigenvalue weighted by Crippen LogP contribution is -2.24. The van der Waals surface area contributed by atoms with Crippen LogP contribution >= 0.6 is 0 Å². The zero-order chi connectivity index (χ0) is 12.1. The summed E-state index contributed by atoms with van der Waals surface area (Å²) in [5.74, 6) is 0.157. The second-order valence-electron chi connectivity index (χ2n) is 3.85. The first-order chi connectivity index (χ1) is 7.81. The van der Waals surface area contributed by atoms with E-state index in [9.17, 15) is 4.79 Å². The maximum Gasteiger partial charge on any atom is 0.219 e. The second kappa shape index (κ2) is 12.5. The van der Waals surface area contributed by atoms with Crippen LogP contribution in [-0.2, 0) is 9.53 Å². The summed E-state index contributed by atoms with van der Waals surface area (Å²) in [4.78, 5) is 11.3. The van der Waals surface area contributed by atoms with Crippen LogP contribution in [0, 0.1) is 0 Å². The number of hydrogen-bond acceptors (Lipinski definition) is 3. The van der Waals surface area contributed by atoms with E-state index in [4.69, 9.17) is 10.5 Å². The molecular weight excluding hydrogens is 204 g/mol. The number of amides is 1. The molecule has 4 nitrogen and oxygen atoms in total. The number of rotatable bonds is 11. The molecule has 0 aromatic heterocycles. The normalized spacial score (nSPS) is 10.4. The summed E-state index contributed by atoms with van der Waals surface area (Å²) < 4.78 is 5.18. The zero-order valence-electron chi connectivity index (χ0n) is 10.5. The summed E-state index contributed by atoms with van der Waals surface area (Å²) >= 11 is 0. The first-order valence-corrected chi connectivity index (χ1v) is 6.35. The van der Waals surface area contributed by atoms with Crippen molar-refractivity contribution in [3.63, 3.8) is 0 Å². The van der Waals surface area contributed by atoms with E-state index in [0.29, 0.717) is 6.42 Å². The number of nitrogens with one attached hydrogen (secondary N) is 1. The summed E-state index contributed by atoms with van der Waals surface area (Å²) in [6, 6.07) is 0. The van der Waals surface area contributed by atoms with Crippen LogP contribution < -0.4 is 11.1 Å². The van der Waals surface area contributed by atoms with Crippen molar-refractivity contribution in [1.82, 2.24) is 5.32 Å². The minimum atomic E-state index is 0.157. The topological polar surface area (TPSA) is 64.3 Å². The van der Waals surface area contributed by atoms with Crippen LogP contribution in [0.4, 0.5) is 0 Å². The van der Waals surface area contributed by atoms with Gasteiger partial charge < -0.3 is 15.8 Å². The first kappa shape index (κ1) is 15.4. The van der Waals surface area contributed by atoms with Gasteiger partial charge in [-0.1, -0.05) is 12.8 Å². The van der Waals surface area contributed by atoms with Crippen LogP contribution in [0.3, 0.4) is 0 Å². The molecule has 0 rings (SSSR count). The first-order valence-electron chi connectivity index (χ1n) is 6.35. The summed E-state index contributed by atoms with van der Waals surface area (Å²) in [5.41, 5.74) is 5.39. The van der Waals surface area contributed by atoms with E-state index >= 15 is 0 Å². The molecule has 16 heavy (non-hydrogen) atoms. The Morgan fingerprint density at radius 2 is 1.94 bits per heavy atom. The molecule has 0 aliphatic carbocycles. The van der Waals surface area contributed by atoms with Gasteiger partial charge in [0.2, 0.25) is 5.91 Å². The number of carbonyl (C=O) groups is 1. The second-order valence-corrected chi connectivity index (χ2v) is 3.85. The van der Waals surface area contributed by atoms with Crippen LogP contribution in [0.25, 0.3) is 0 Å². The van der Waals surface area contributed by atoms with E-state index in [1.807, 2.05) is 6.92 Å². The molecule has 0 saturated carbocycles. The maximum absolute atomic E-state index is 11.3. The van der Waals surface area contributed by atoms with E-state index in [2.05, 4.69) is 5.32 Å². The lowest BCUT2D eigenvalue weighted by Gasteiger charge is -2.05. The molecular formula is C12H26N2O2. The van der Waals surface area contributed by atoms with Gasteiger partial charge in [-0.15, -0.1) is 0 Å². The Morgan fingerprint density at radius 3 is 2.62 bits per heavy atom. The third kappa shape index (κ3) is 11.5. The Balaban J connectivity index is 3.12. The molecule has 0 fully saturated rings. The molecule has 0 atom stereocenters. The summed E-state index contributed by atoms with van der Waals surface area (Å²) in [6.07, 6.45) is 5.80. The van der Waals surface area contributed by atoms with Gasteiger partial charge in [-0.25, -0.2) is 0 Å². The fourth-order valence-corrected chi connectivity index (χ4v) is 1.42. The van der Waals surface area contributed by atoms with Crippen LogP contribution in [0.5, 0.6) is 0 Å². The largest absolute Gasteiger partial charge is 0.382 e. The molecule has 0 aromatic carbocycles. The highest BCUT2D eigenvalue weighted by molar-refractivity contribution is 5.75. The number of nitrogens with two attached hydrogens (primary N) is 1. The van der Waals surface area contributed by atoms with Gasteiger partial charge in [0.25, 0.3) is 0 Å². The lowest BCUT2D eigenvalue weighted by atomic mass is 10.1. The van der Waals surface area contributed by atoms with Crippen LogP contribution in [0.1, 0.15) is 45.4 Å². The van der Waals surface area contributed by atoms with E-state index in [1.165, 1.54) is 0 Å². The van der Waals surface area contributed by atoms with Gasteiger partial charge in [-0.2, -0.15) is 0 Å². The highest BCUT2D eigenvalue weighted by atomic mass is 16.5. The Morgan fingerprint density at radius 1 is 1.19 bits per heavy atom. The van der Waals surface area contributed by atoms with Crippen molar-refractivity contribution in [1.29, 1.82) is 0 Å². The fourth-order valence-electron chi connectivity index (χ4n) is 1.42. The van der Waals surface area contributed by atoms with E-state index in [-0.39, 0.29) is 5.91 Å². The summed E-state index contributed by atoms with van der Waals surface area (Å²) in [7, 11) is 0. The van der Waals surface area contributed by atoms with Crippen molar-refractivity contribution in [3.05, 3.63) is 0 Å². The van der Waals surface area contributed by atoms with Crippen molar-refractivity contribution in [3.8, 4) is 0 Å². The molecule has 96 valence electrons. The van der Waals surface area contributed by atoms with Crippen LogP contribution in [0.2, 0.25) is 0 Å². The minimum Gasteiger partial charge on any atom is -0.382 e. The van der Waals surface area contributed by atoms with E-state index < -0.39 is 0 Å². The van der Waals surface area contributed by atoms with Crippen molar-refractivity contribution in [2.24, 2.45) is 5.73 Å². The Hall–Kier alpha value is -0.610. The molecule has 0 bridgehead atoms. The molecule has 0 aromatic rings. The fraction of sp³-hybridized carbons (Fsp3) is 0.917. The third-order valence-corrected chi connectivity index (χ3v) is 2.35. The third-order valence-electron chi connectivity index (χ3n) is 2.35. The average molecular weight is 230 g/mol. The molecule has 1 amide bonds. The Bertz CT molecular complexity index is 147. The Kier molecular flexibility index (Phi) is 12.0. The van der Waals surface area contributed by atoms with Gasteiger partial charge in [0.15, 0.2) is 0 Å². The van der Waals surface area contributed by atoms with Crippen molar-refractivity contribution >= 4 is 5.91 Å². The molecule has 0 heterocycles. The quantitative estimate of drug-likeness (QED) is 0.528. The van der Waals surface area contributed by atoms with E-state index in [1.54, 1.807) is 0 Å². The van der Waals surface area contributed by atoms with E-state index in [0.717, 1.165) is 58.4 Å². The summed E-state index contributed by atoms with van der Waals surface area (Å²) in [5, 5.41) is 2.89. The number of unbranched alkanes of at least 4 members (excludes halogenated alkanes) is 3. The van der Waals surface area contributed by atoms with Crippen molar-refractivity contribution < 1.29 is 9.53 Å². The lowest BCUT2D eigenvalue weighted by molar-refractivity contribution is -0.121. The number of hydrogen-bond donors (Lipinski definition) is 2. The minimum absolute atomic E-state index is 0.157. The SMILES string of the molecule is CCOCCCNC(=O)CCCCCCN. The van der Waals surface area contributed by atoms with Gasteiger partial charge in [0.1, 0.15) is 0 Å². The molecule has 0 aliphatic heterocycles. The monoisotopic (exact) mass is 230 g/mol. The zero-order valence-corrected chi connectivity index (χ0v) is 10.5. The van der Waals surface area contributed by atoms with Crippen LogP contribution in [-0.4, -0.2) is 32.2 Å². The maximum atomic E-state index is 11.3. The standard InChI is InChI=1S/C12H26N2O2/c1-2-16-11-7-10-14-12(15)8-5-3-4-6-9-13/h2-11,13H2,1H3,(H,14,15). The predicted octanol–water partition coefficient (Wildman–Crippen LogP) is 1.44. The molecule has 0 unspecified atom stereocenters. The highest BCUT2D eigenvalue weighted by Gasteiger charge is 1.99. The van der Waals surface area contributed by atoms with Gasteiger partial charge in [0, 0.05) is 26.2 Å². The average Bonchev–Trinajstić information content (AvgIpc) is 2.28. The Labute approximate surface area is 98.9 Å². The molecule has 3 N–H and O–H groups in total. The van der Waals surface area contributed by atoms with Crippen LogP contribution in [0.15, 0.2) is 0 Å². The van der Waals surface area contributed by atoms with Gasteiger partial charge in [-0.05, 0) is 32.7 Å². The number of carbonyl (C=O) groups excluding carboxylic acids is 1. The molecule has 0 aliphatic rings. The smallest absolute Gasteiger partial charge is 0.219 e. The van der Waals surface area contributed by atoms with Gasteiger partial charge >= 0.3 is 0 Å². The number of ether oxygens (including phenoxy) is 1. The molecule has 0 spiro atoms. The van der Waals surface area contributed by atoms with Crippen molar-refractivity contribution in [2.75, 3.05) is 26.3 Å². The summed E-state index contributed by atoms with van der Waals surface area (Å²) in [6.45, 7) is 4.92. The highest BCUT2D eigenvalue weighted by Crippen LogP contribution is 2.01. The van der Waals surface area contributed by atoms with Gasteiger partial charge in [0.05, 0.1) is 0 Å². The van der Waals surface area contributed by atoms with Crippen molar-refractivity contribution in [2.45, 2.75) is 45.4 Å². The molecule has 0 saturated heterocycles. The molecule has 4 heteroatoms. The predicted molar refractivity (Wildman–Crippen MR) is 66.3 cm³/mol. The molecule has 0 radical (unpaired) electrons.